The normalized spacial score (nSPS) is 17.5. The first-order valence-corrected chi connectivity index (χ1v) is 8.37. The monoisotopic (exact) mass is 304 g/mol. The lowest BCUT2D eigenvalue weighted by Crippen LogP contribution is -2.47. The van der Waals surface area contributed by atoms with Crippen molar-refractivity contribution >= 4 is 6.03 Å². The van der Waals surface area contributed by atoms with Gasteiger partial charge in [0.1, 0.15) is 5.75 Å². The number of benzene rings is 1. The molecule has 1 saturated carbocycles. The standard InChI is InChI=1S/C18H28N2O2/c1-14(13-15-9-11-17(21)12-10-15)19-18(22)20(2)16-7-5-3-4-6-8-16/h9-12,14,16,21H,3-8,13H2,1-2H3,(H,19,22)/t14-/m1/s1. The van der Waals surface area contributed by atoms with E-state index in [2.05, 4.69) is 5.32 Å². The minimum Gasteiger partial charge on any atom is -0.508 e. The molecule has 1 atom stereocenters. The van der Waals surface area contributed by atoms with Crippen LogP contribution in [0.2, 0.25) is 0 Å². The number of rotatable bonds is 4. The van der Waals surface area contributed by atoms with Gasteiger partial charge in [-0.2, -0.15) is 0 Å². The molecular weight excluding hydrogens is 276 g/mol. The number of phenolic OH excluding ortho intramolecular Hbond substituents is 1. The highest BCUT2D eigenvalue weighted by Gasteiger charge is 2.22. The highest BCUT2D eigenvalue weighted by Crippen LogP contribution is 2.21. The van der Waals surface area contributed by atoms with Crippen LogP contribution in [-0.2, 0) is 6.42 Å². The van der Waals surface area contributed by atoms with Crippen LogP contribution in [0.4, 0.5) is 4.79 Å². The summed E-state index contributed by atoms with van der Waals surface area (Å²) in [5, 5.41) is 12.4. The molecule has 0 radical (unpaired) electrons. The summed E-state index contributed by atoms with van der Waals surface area (Å²) in [6.07, 6.45) is 8.06. The number of carbonyl (C=O) groups excluding carboxylic acids is 1. The van der Waals surface area contributed by atoms with Gasteiger partial charge in [0.15, 0.2) is 0 Å². The van der Waals surface area contributed by atoms with Crippen molar-refractivity contribution in [2.75, 3.05) is 7.05 Å². The van der Waals surface area contributed by atoms with Gasteiger partial charge in [0.05, 0.1) is 0 Å². The summed E-state index contributed by atoms with van der Waals surface area (Å²) in [6.45, 7) is 2.02. The molecule has 1 aliphatic rings. The average molecular weight is 304 g/mol. The fourth-order valence-electron chi connectivity index (χ4n) is 3.16. The maximum absolute atomic E-state index is 12.4. The van der Waals surface area contributed by atoms with Gasteiger partial charge in [0.25, 0.3) is 0 Å². The molecule has 0 aliphatic heterocycles. The van der Waals surface area contributed by atoms with E-state index >= 15 is 0 Å². The van der Waals surface area contributed by atoms with Gasteiger partial charge >= 0.3 is 6.03 Å². The van der Waals surface area contributed by atoms with Gasteiger partial charge < -0.3 is 15.3 Å². The minimum atomic E-state index is 0.0261. The van der Waals surface area contributed by atoms with Crippen molar-refractivity contribution in [3.8, 4) is 5.75 Å². The number of amides is 2. The molecule has 1 aromatic carbocycles. The Hall–Kier alpha value is -1.71. The van der Waals surface area contributed by atoms with E-state index in [1.165, 1.54) is 25.7 Å². The smallest absolute Gasteiger partial charge is 0.317 e. The summed E-state index contributed by atoms with van der Waals surface area (Å²) < 4.78 is 0. The zero-order chi connectivity index (χ0) is 15.9. The van der Waals surface area contributed by atoms with Crippen molar-refractivity contribution in [3.63, 3.8) is 0 Å². The Morgan fingerprint density at radius 3 is 2.41 bits per heavy atom. The number of phenols is 1. The van der Waals surface area contributed by atoms with Gasteiger partial charge in [-0.15, -0.1) is 0 Å². The zero-order valence-corrected chi connectivity index (χ0v) is 13.7. The highest BCUT2D eigenvalue weighted by molar-refractivity contribution is 5.74. The summed E-state index contributed by atoms with van der Waals surface area (Å²) >= 11 is 0. The Balaban J connectivity index is 1.83. The lowest BCUT2D eigenvalue weighted by molar-refractivity contribution is 0.181. The van der Waals surface area contributed by atoms with Crippen LogP contribution in [0.1, 0.15) is 51.0 Å². The second-order valence-electron chi connectivity index (χ2n) is 6.48. The molecule has 122 valence electrons. The minimum absolute atomic E-state index is 0.0261. The molecule has 1 fully saturated rings. The molecule has 1 aliphatic carbocycles. The zero-order valence-electron chi connectivity index (χ0n) is 13.7. The number of urea groups is 1. The number of hydrogen-bond donors (Lipinski definition) is 2. The van der Waals surface area contributed by atoms with Crippen LogP contribution in [0.5, 0.6) is 5.75 Å². The third kappa shape index (κ3) is 4.93. The number of aromatic hydroxyl groups is 1. The first-order valence-electron chi connectivity index (χ1n) is 8.37. The molecule has 1 aromatic rings. The fraction of sp³-hybridized carbons (Fsp3) is 0.611. The predicted molar refractivity (Wildman–Crippen MR) is 89.1 cm³/mol. The molecule has 0 spiro atoms. The quantitative estimate of drug-likeness (QED) is 0.834. The van der Waals surface area contributed by atoms with E-state index in [1.807, 2.05) is 31.0 Å². The first-order chi connectivity index (χ1) is 10.6. The second kappa shape index (κ2) is 8.06. The van der Waals surface area contributed by atoms with Crippen molar-refractivity contribution in [2.24, 2.45) is 0 Å². The Kier molecular flexibility index (Phi) is 6.10. The largest absolute Gasteiger partial charge is 0.508 e. The molecule has 0 aromatic heterocycles. The van der Waals surface area contributed by atoms with E-state index in [9.17, 15) is 9.90 Å². The third-order valence-corrected chi connectivity index (χ3v) is 4.54. The van der Waals surface area contributed by atoms with Crippen LogP contribution < -0.4 is 5.32 Å². The molecule has 0 unspecified atom stereocenters. The van der Waals surface area contributed by atoms with Crippen molar-refractivity contribution in [3.05, 3.63) is 29.8 Å². The third-order valence-electron chi connectivity index (χ3n) is 4.54. The number of hydrogen-bond acceptors (Lipinski definition) is 2. The number of nitrogens with zero attached hydrogens (tertiary/aromatic N) is 1. The van der Waals surface area contributed by atoms with Gasteiger partial charge in [0, 0.05) is 19.1 Å². The van der Waals surface area contributed by atoms with Crippen LogP contribution >= 0.6 is 0 Å². The summed E-state index contributed by atoms with van der Waals surface area (Å²) in [7, 11) is 1.92. The lowest BCUT2D eigenvalue weighted by atomic mass is 10.1. The van der Waals surface area contributed by atoms with Gasteiger partial charge in [-0.1, -0.05) is 37.8 Å². The molecule has 22 heavy (non-hydrogen) atoms. The molecule has 2 N–H and O–H groups in total. The maximum Gasteiger partial charge on any atom is 0.317 e. The maximum atomic E-state index is 12.4. The van der Waals surface area contributed by atoms with E-state index in [0.717, 1.165) is 24.8 Å². The second-order valence-corrected chi connectivity index (χ2v) is 6.48. The molecule has 0 saturated heterocycles. The molecule has 0 heterocycles. The molecule has 2 amide bonds. The van der Waals surface area contributed by atoms with E-state index in [0.29, 0.717) is 6.04 Å². The predicted octanol–water partition coefficient (Wildman–Crippen LogP) is 3.69. The van der Waals surface area contributed by atoms with Crippen LogP contribution in [0.25, 0.3) is 0 Å². The Labute approximate surface area is 133 Å². The summed E-state index contributed by atoms with van der Waals surface area (Å²) in [4.78, 5) is 14.3. The highest BCUT2D eigenvalue weighted by atomic mass is 16.3. The summed E-state index contributed by atoms with van der Waals surface area (Å²) in [6, 6.07) is 7.63. The summed E-state index contributed by atoms with van der Waals surface area (Å²) in [5.41, 5.74) is 1.11. The fourth-order valence-corrected chi connectivity index (χ4v) is 3.16. The summed E-state index contributed by atoms with van der Waals surface area (Å²) in [5.74, 6) is 0.272. The van der Waals surface area contributed by atoms with Crippen LogP contribution in [0.15, 0.2) is 24.3 Å². The van der Waals surface area contributed by atoms with Gasteiger partial charge in [-0.25, -0.2) is 4.79 Å². The molecular formula is C18H28N2O2. The Bertz CT molecular complexity index is 464. The lowest BCUT2D eigenvalue weighted by Gasteiger charge is -2.29. The van der Waals surface area contributed by atoms with E-state index < -0.39 is 0 Å². The Morgan fingerprint density at radius 2 is 1.82 bits per heavy atom. The van der Waals surface area contributed by atoms with Gasteiger partial charge in [-0.05, 0) is 43.9 Å². The number of nitrogens with one attached hydrogen (secondary N) is 1. The van der Waals surface area contributed by atoms with Crippen molar-refractivity contribution in [1.29, 1.82) is 0 Å². The first kappa shape index (κ1) is 16.7. The SMILES string of the molecule is C[C@H](Cc1ccc(O)cc1)NC(=O)N(C)C1CCCCCC1. The van der Waals surface area contributed by atoms with Crippen molar-refractivity contribution < 1.29 is 9.90 Å². The topological polar surface area (TPSA) is 52.6 Å². The van der Waals surface area contributed by atoms with Crippen LogP contribution in [0, 0.1) is 0 Å². The molecule has 4 heteroatoms. The van der Waals surface area contributed by atoms with Crippen LogP contribution in [-0.4, -0.2) is 35.2 Å². The van der Waals surface area contributed by atoms with E-state index in [-0.39, 0.29) is 17.8 Å². The van der Waals surface area contributed by atoms with E-state index in [1.54, 1.807) is 12.1 Å². The van der Waals surface area contributed by atoms with Crippen molar-refractivity contribution in [2.45, 2.75) is 64.0 Å². The molecule has 0 bridgehead atoms. The van der Waals surface area contributed by atoms with Gasteiger partial charge in [0.2, 0.25) is 0 Å². The number of carbonyl (C=O) groups is 1. The van der Waals surface area contributed by atoms with Crippen LogP contribution in [0.3, 0.4) is 0 Å². The van der Waals surface area contributed by atoms with Gasteiger partial charge in [-0.3, -0.25) is 0 Å². The molecule has 2 rings (SSSR count). The average Bonchev–Trinajstić information content (AvgIpc) is 2.78. The van der Waals surface area contributed by atoms with E-state index in [4.69, 9.17) is 0 Å². The Morgan fingerprint density at radius 1 is 1.23 bits per heavy atom. The van der Waals surface area contributed by atoms with Crippen molar-refractivity contribution in [1.82, 2.24) is 10.2 Å². The molecule has 4 nitrogen and oxygen atoms in total.